The van der Waals surface area contributed by atoms with Crippen LogP contribution in [0.1, 0.15) is 0 Å². The summed E-state index contributed by atoms with van der Waals surface area (Å²) >= 11 is 0. The minimum Gasteiger partial charge on any atom is -0.453 e. The van der Waals surface area contributed by atoms with E-state index < -0.39 is 0 Å². The van der Waals surface area contributed by atoms with Gasteiger partial charge in [-0.2, -0.15) is 0 Å². The monoisotopic (exact) mass is 787 g/mol. The van der Waals surface area contributed by atoms with Crippen molar-refractivity contribution < 1.29 is 4.42 Å². The fraction of sp³-hybridized carbons (Fsp3) is 0. The molecule has 0 N–H and O–H groups in total. The second-order valence-corrected chi connectivity index (χ2v) is 16.4. The number of rotatable bonds is 5. The smallest absolute Gasteiger partial charge is 0.159 e. The van der Waals surface area contributed by atoms with E-state index in [2.05, 4.69) is 229 Å². The minimum atomic E-state index is 0.848. The van der Waals surface area contributed by atoms with Crippen molar-refractivity contribution >= 4 is 104 Å². The summed E-state index contributed by atoms with van der Waals surface area (Å²) in [6.45, 7) is 0. The van der Waals surface area contributed by atoms with E-state index in [0.29, 0.717) is 0 Å². The van der Waals surface area contributed by atoms with Crippen LogP contribution in [-0.4, -0.2) is 0 Å². The Bertz CT molecular complexity index is 3880. The van der Waals surface area contributed by atoms with Crippen LogP contribution in [0, 0.1) is 0 Å². The van der Waals surface area contributed by atoms with Crippen molar-refractivity contribution in [2.75, 3.05) is 4.90 Å². The largest absolute Gasteiger partial charge is 0.453 e. The highest BCUT2D eigenvalue weighted by Gasteiger charge is 2.24. The summed E-state index contributed by atoms with van der Waals surface area (Å²) in [4.78, 5) is 2.40. The molecule has 0 bridgehead atoms. The van der Waals surface area contributed by atoms with Gasteiger partial charge in [0.15, 0.2) is 5.58 Å². The van der Waals surface area contributed by atoms with Crippen molar-refractivity contribution in [2.45, 2.75) is 0 Å². The van der Waals surface area contributed by atoms with E-state index in [9.17, 15) is 0 Å². The summed E-state index contributed by atoms with van der Waals surface area (Å²) in [5.41, 5.74) is 9.47. The number of fused-ring (bicyclic) bond motifs is 13. The molecule has 1 aromatic heterocycles. The predicted molar refractivity (Wildman–Crippen MR) is 264 cm³/mol. The molecule has 0 radical (unpaired) electrons. The fourth-order valence-electron chi connectivity index (χ4n) is 10.2. The topological polar surface area (TPSA) is 16.4 Å². The van der Waals surface area contributed by atoms with E-state index >= 15 is 0 Å². The number of hydrogen-bond acceptors (Lipinski definition) is 2. The highest BCUT2D eigenvalue weighted by molar-refractivity contribution is 6.27. The van der Waals surface area contributed by atoms with Gasteiger partial charge < -0.3 is 9.32 Å². The number of anilines is 3. The van der Waals surface area contributed by atoms with E-state index in [4.69, 9.17) is 4.42 Å². The number of nitrogens with zero attached hydrogens (tertiary/aromatic N) is 1. The molecule has 13 rings (SSSR count). The van der Waals surface area contributed by atoms with Gasteiger partial charge in [-0.3, -0.25) is 0 Å². The molecule has 0 aliphatic heterocycles. The third-order valence-corrected chi connectivity index (χ3v) is 13.0. The van der Waals surface area contributed by atoms with E-state index in [-0.39, 0.29) is 0 Å². The van der Waals surface area contributed by atoms with Crippen molar-refractivity contribution in [1.29, 1.82) is 0 Å². The molecule has 0 saturated heterocycles. The van der Waals surface area contributed by atoms with Crippen molar-refractivity contribution in [2.24, 2.45) is 0 Å². The summed E-state index contributed by atoms with van der Waals surface area (Å²) in [7, 11) is 0. The van der Waals surface area contributed by atoms with Crippen molar-refractivity contribution in [3.05, 3.63) is 224 Å². The van der Waals surface area contributed by atoms with Crippen molar-refractivity contribution in [1.82, 2.24) is 0 Å². The number of para-hydroxylation sites is 1. The van der Waals surface area contributed by atoms with Crippen LogP contribution in [0.2, 0.25) is 0 Å². The van der Waals surface area contributed by atoms with Gasteiger partial charge in [-0.05, 0) is 112 Å². The third kappa shape index (κ3) is 5.23. The lowest BCUT2D eigenvalue weighted by Crippen LogP contribution is -2.11. The van der Waals surface area contributed by atoms with E-state index in [1.807, 2.05) is 0 Å². The predicted octanol–water partition coefficient (Wildman–Crippen LogP) is 17.3. The second-order valence-electron chi connectivity index (χ2n) is 16.4. The molecule has 1 heterocycles. The Morgan fingerprint density at radius 1 is 0.258 bits per heavy atom. The molecule has 288 valence electrons. The average Bonchev–Trinajstić information content (AvgIpc) is 3.72. The molecule has 0 atom stereocenters. The molecule has 0 unspecified atom stereocenters. The van der Waals surface area contributed by atoms with Crippen LogP contribution in [0.5, 0.6) is 0 Å². The van der Waals surface area contributed by atoms with Crippen LogP contribution in [0.3, 0.4) is 0 Å². The molecule has 0 fully saturated rings. The fourth-order valence-corrected chi connectivity index (χ4v) is 10.2. The number of hydrogen-bond donors (Lipinski definition) is 0. The average molecular weight is 788 g/mol. The Morgan fingerprint density at radius 3 is 1.45 bits per heavy atom. The Hall–Kier alpha value is -8.20. The van der Waals surface area contributed by atoms with Gasteiger partial charge in [0.25, 0.3) is 0 Å². The van der Waals surface area contributed by atoms with E-state index in [1.54, 1.807) is 0 Å². The summed E-state index contributed by atoms with van der Waals surface area (Å²) in [5, 5.41) is 16.9. The van der Waals surface area contributed by atoms with Crippen LogP contribution in [-0.2, 0) is 0 Å². The first kappa shape index (κ1) is 34.6. The summed E-state index contributed by atoms with van der Waals surface area (Å²) in [6.07, 6.45) is 0. The van der Waals surface area contributed by atoms with Gasteiger partial charge in [-0.1, -0.05) is 188 Å². The normalized spacial score (nSPS) is 11.9. The molecular weight excluding hydrogens is 751 g/mol. The first-order valence-electron chi connectivity index (χ1n) is 21.3. The maximum Gasteiger partial charge on any atom is 0.159 e. The highest BCUT2D eigenvalue weighted by Crippen LogP contribution is 2.49. The quantitative estimate of drug-likeness (QED) is 0.162. The van der Waals surface area contributed by atoms with Crippen LogP contribution in [0.15, 0.2) is 229 Å². The van der Waals surface area contributed by atoms with Crippen molar-refractivity contribution in [3.8, 4) is 22.3 Å². The molecule has 2 heteroatoms. The van der Waals surface area contributed by atoms with Gasteiger partial charge in [0.1, 0.15) is 5.58 Å². The zero-order valence-electron chi connectivity index (χ0n) is 33.7. The number of furan rings is 1. The Balaban J connectivity index is 1.10. The molecule has 0 aliphatic rings. The SMILES string of the molecule is c1ccc(-c2ccc(N(c3cc4ccccc4c4ccccc34)c3cccc4c3oc3c(-c5ccc6c7ccccc7c7ccccc7c6c5)c5ccccc5cc34)cc2)cc1. The standard InChI is InChI=1S/C60H37NO/c1-2-15-38(16-3-1)39-29-32-43(33-30-39)61(57-37-41-18-4-6-19-44(41)46-21-12-13-26-52(46)57)56-28-14-27-53-55-35-40-17-5-7-20-45(40)58(60(55)62-59(53)56)42-31-34-51-49-24-9-8-22-47(49)48-23-10-11-25-50(48)54(51)36-42/h1-37H. The van der Waals surface area contributed by atoms with Gasteiger partial charge >= 0.3 is 0 Å². The summed E-state index contributed by atoms with van der Waals surface area (Å²) in [6, 6.07) is 81.6. The van der Waals surface area contributed by atoms with Gasteiger partial charge in [-0.25, -0.2) is 0 Å². The summed E-state index contributed by atoms with van der Waals surface area (Å²) in [5.74, 6) is 0. The Labute approximate surface area is 358 Å². The first-order valence-corrected chi connectivity index (χ1v) is 21.3. The third-order valence-electron chi connectivity index (χ3n) is 13.0. The molecule has 0 spiro atoms. The molecule has 13 aromatic rings. The molecule has 0 saturated carbocycles. The van der Waals surface area contributed by atoms with Gasteiger partial charge in [0, 0.05) is 27.4 Å². The Morgan fingerprint density at radius 2 is 0.758 bits per heavy atom. The lowest BCUT2D eigenvalue weighted by Gasteiger charge is -2.27. The van der Waals surface area contributed by atoms with Crippen LogP contribution < -0.4 is 4.90 Å². The maximum atomic E-state index is 7.42. The lowest BCUT2D eigenvalue weighted by molar-refractivity contribution is 0.670. The molecular formula is C60H37NO. The minimum absolute atomic E-state index is 0.848. The molecule has 2 nitrogen and oxygen atoms in total. The van der Waals surface area contributed by atoms with E-state index in [0.717, 1.165) is 50.1 Å². The first-order chi connectivity index (χ1) is 30.8. The van der Waals surface area contributed by atoms with Crippen molar-refractivity contribution in [3.63, 3.8) is 0 Å². The molecule has 62 heavy (non-hydrogen) atoms. The lowest BCUT2D eigenvalue weighted by atomic mass is 9.90. The Kier molecular flexibility index (Phi) is 7.64. The van der Waals surface area contributed by atoms with Crippen LogP contribution in [0.4, 0.5) is 17.1 Å². The second kappa shape index (κ2) is 13.7. The zero-order chi connectivity index (χ0) is 40.7. The van der Waals surface area contributed by atoms with E-state index in [1.165, 1.54) is 75.8 Å². The number of benzene rings is 12. The van der Waals surface area contributed by atoms with Gasteiger partial charge in [-0.15, -0.1) is 0 Å². The molecule has 0 amide bonds. The van der Waals surface area contributed by atoms with Gasteiger partial charge in [0.05, 0.1) is 11.4 Å². The van der Waals surface area contributed by atoms with Gasteiger partial charge in [0.2, 0.25) is 0 Å². The molecule has 0 aliphatic carbocycles. The maximum absolute atomic E-state index is 7.42. The molecule has 12 aromatic carbocycles. The summed E-state index contributed by atoms with van der Waals surface area (Å²) < 4.78 is 7.42. The van der Waals surface area contributed by atoms with Crippen LogP contribution >= 0.6 is 0 Å². The highest BCUT2D eigenvalue weighted by atomic mass is 16.3. The van der Waals surface area contributed by atoms with Crippen LogP contribution in [0.25, 0.3) is 109 Å². The zero-order valence-corrected chi connectivity index (χ0v) is 33.7.